The zero-order valence-electron chi connectivity index (χ0n) is 3.42. The van der Waals surface area contributed by atoms with Crippen LogP contribution in [0.5, 0.6) is 0 Å². The first-order valence-corrected chi connectivity index (χ1v) is 2.36. The Hall–Kier alpha value is 1.02. The smallest absolute Gasteiger partial charge is 0.594 e. The third-order valence-corrected chi connectivity index (χ3v) is 0.346. The summed E-state index contributed by atoms with van der Waals surface area (Å²) in [6, 6.07) is 0. The van der Waals surface area contributed by atoms with E-state index in [1.807, 2.05) is 0 Å². The topological polar surface area (TPSA) is 60.4 Å². The van der Waals surface area contributed by atoms with E-state index < -0.39 is 14.4 Å². The van der Waals surface area contributed by atoms with Gasteiger partial charge in [0.15, 0.2) is 0 Å². The van der Waals surface area contributed by atoms with Crippen molar-refractivity contribution in [3.8, 4) is 0 Å². The SMILES string of the molecule is O=[P+]([O-])CO.[Na+]. The van der Waals surface area contributed by atoms with E-state index in [-0.39, 0.29) is 29.6 Å². The zero-order chi connectivity index (χ0) is 4.28. The monoisotopic (exact) mass is 117 g/mol. The predicted octanol–water partition coefficient (Wildman–Crippen LogP) is -3.96. The fraction of sp³-hybridized carbons (Fsp3) is 1.00. The molecule has 0 spiro atoms. The Morgan fingerprint density at radius 2 is 2.00 bits per heavy atom. The summed E-state index contributed by atoms with van der Waals surface area (Å²) in [5, 5.41) is 7.55. The summed E-state index contributed by atoms with van der Waals surface area (Å²) >= 11 is 0. The van der Waals surface area contributed by atoms with Gasteiger partial charge in [-0.15, -0.1) is 0 Å². The second kappa shape index (κ2) is 6.02. The predicted molar refractivity (Wildman–Crippen MR) is 14.7 cm³/mol. The average Bonchev–Trinajstić information content (AvgIpc) is 1.38. The molecule has 0 aromatic heterocycles. The van der Waals surface area contributed by atoms with Gasteiger partial charge in [0.2, 0.25) is 6.35 Å². The van der Waals surface area contributed by atoms with Gasteiger partial charge < -0.3 is 10.00 Å². The number of hydrogen-bond acceptors (Lipinski definition) is 3. The third kappa shape index (κ3) is 8.89. The normalized spacial score (nSPS) is 9.33. The Morgan fingerprint density at radius 3 is 2.00 bits per heavy atom. The number of rotatable bonds is 1. The van der Waals surface area contributed by atoms with Crippen LogP contribution < -0.4 is 34.5 Å². The zero-order valence-corrected chi connectivity index (χ0v) is 6.31. The summed E-state index contributed by atoms with van der Waals surface area (Å²) in [6.07, 6.45) is -0.741. The maximum Gasteiger partial charge on any atom is 1.00 e. The Labute approximate surface area is 58.5 Å². The van der Waals surface area contributed by atoms with Crippen molar-refractivity contribution in [1.82, 2.24) is 0 Å². The molecule has 0 saturated heterocycles. The summed E-state index contributed by atoms with van der Waals surface area (Å²) in [4.78, 5) is 9.16. The van der Waals surface area contributed by atoms with Crippen LogP contribution in [0.4, 0.5) is 0 Å². The van der Waals surface area contributed by atoms with Gasteiger partial charge in [0.1, 0.15) is 0 Å². The molecule has 5 heteroatoms. The molecule has 0 aliphatic rings. The molecule has 1 unspecified atom stereocenters. The molecule has 0 aromatic carbocycles. The van der Waals surface area contributed by atoms with Crippen LogP contribution in [0.2, 0.25) is 0 Å². The molecule has 0 heterocycles. The van der Waals surface area contributed by atoms with Gasteiger partial charge in [0.05, 0.1) is 0 Å². The molecule has 30 valence electrons. The van der Waals surface area contributed by atoms with Crippen LogP contribution in [0.25, 0.3) is 0 Å². The van der Waals surface area contributed by atoms with E-state index in [4.69, 9.17) is 14.6 Å². The summed E-state index contributed by atoms with van der Waals surface area (Å²) in [5.41, 5.74) is 0. The van der Waals surface area contributed by atoms with Crippen LogP contribution >= 0.6 is 8.03 Å². The number of aliphatic hydroxyl groups excluding tert-OH is 1. The molecule has 3 nitrogen and oxygen atoms in total. The first-order chi connectivity index (χ1) is 2.27. The van der Waals surface area contributed by atoms with Gasteiger partial charge in [-0.25, -0.2) is 0 Å². The van der Waals surface area contributed by atoms with E-state index in [0.717, 1.165) is 0 Å². The Kier molecular flexibility index (Phi) is 10.1. The van der Waals surface area contributed by atoms with E-state index in [0.29, 0.717) is 0 Å². The van der Waals surface area contributed by atoms with E-state index in [9.17, 15) is 0 Å². The van der Waals surface area contributed by atoms with E-state index in [1.54, 1.807) is 0 Å². The second-order valence-electron chi connectivity index (χ2n) is 0.474. The van der Waals surface area contributed by atoms with Crippen LogP contribution in [0.1, 0.15) is 0 Å². The van der Waals surface area contributed by atoms with E-state index in [1.165, 1.54) is 0 Å². The van der Waals surface area contributed by atoms with Gasteiger partial charge in [0, 0.05) is 0 Å². The maximum atomic E-state index is 9.16. The van der Waals surface area contributed by atoms with Crippen molar-refractivity contribution < 1.29 is 44.1 Å². The summed E-state index contributed by atoms with van der Waals surface area (Å²) < 4.78 is 9.16. The average molecular weight is 117 g/mol. The van der Waals surface area contributed by atoms with E-state index in [2.05, 4.69) is 0 Å². The quantitative estimate of drug-likeness (QED) is 0.281. The number of aliphatic hydroxyl groups is 1. The molecule has 0 radical (unpaired) electrons. The number of hydrogen-bond donors (Lipinski definition) is 1. The molecule has 1 atom stereocenters. The van der Waals surface area contributed by atoms with Crippen molar-refractivity contribution >= 4 is 8.03 Å². The van der Waals surface area contributed by atoms with Gasteiger partial charge in [-0.3, -0.25) is 0 Å². The molecule has 0 aromatic rings. The van der Waals surface area contributed by atoms with Crippen molar-refractivity contribution in [3.05, 3.63) is 0 Å². The first-order valence-electron chi connectivity index (χ1n) is 0.998. The molecule has 0 fully saturated rings. The van der Waals surface area contributed by atoms with Crippen LogP contribution in [0.3, 0.4) is 0 Å². The molecule has 0 aliphatic heterocycles. The molecule has 0 aliphatic carbocycles. The van der Waals surface area contributed by atoms with Crippen LogP contribution in [0.15, 0.2) is 0 Å². The molecule has 0 rings (SSSR count). The minimum Gasteiger partial charge on any atom is -0.594 e. The third-order valence-electron chi connectivity index (χ3n) is 0.115. The van der Waals surface area contributed by atoms with Gasteiger partial charge >= 0.3 is 37.6 Å². The fourth-order valence-corrected chi connectivity index (χ4v) is 0. The molecule has 6 heavy (non-hydrogen) atoms. The van der Waals surface area contributed by atoms with Crippen LogP contribution in [-0.2, 0) is 4.57 Å². The van der Waals surface area contributed by atoms with Crippen LogP contribution in [-0.4, -0.2) is 11.5 Å². The fourth-order valence-electron chi connectivity index (χ4n) is 0. The largest absolute Gasteiger partial charge is 1.00 e. The Morgan fingerprint density at radius 1 is 1.83 bits per heavy atom. The molecule has 0 amide bonds. The maximum absolute atomic E-state index is 9.16. The molecule has 0 saturated carbocycles. The van der Waals surface area contributed by atoms with E-state index >= 15 is 0 Å². The molecular weight excluding hydrogens is 114 g/mol. The molecule has 0 bridgehead atoms. The van der Waals surface area contributed by atoms with Crippen molar-refractivity contribution in [2.24, 2.45) is 0 Å². The van der Waals surface area contributed by atoms with Crippen molar-refractivity contribution in [2.45, 2.75) is 0 Å². The van der Waals surface area contributed by atoms with Gasteiger partial charge in [-0.1, -0.05) is 4.57 Å². The summed E-state index contributed by atoms with van der Waals surface area (Å²) in [6.45, 7) is 0. The molecular formula is CH3NaO3P+. The van der Waals surface area contributed by atoms with Crippen molar-refractivity contribution in [1.29, 1.82) is 0 Å². The van der Waals surface area contributed by atoms with Crippen LogP contribution in [0, 0.1) is 0 Å². The van der Waals surface area contributed by atoms with Gasteiger partial charge in [-0.05, 0) is 0 Å². The van der Waals surface area contributed by atoms with Crippen molar-refractivity contribution in [2.75, 3.05) is 6.35 Å². The van der Waals surface area contributed by atoms with Crippen molar-refractivity contribution in [3.63, 3.8) is 0 Å². The first kappa shape index (κ1) is 10.1. The minimum atomic E-state index is -2.54. The summed E-state index contributed by atoms with van der Waals surface area (Å²) in [7, 11) is -2.54. The van der Waals surface area contributed by atoms with Gasteiger partial charge in [-0.2, -0.15) is 0 Å². The standard InChI is InChI=1S/CH3O3P.Na/c2-1-5(3)4;/h2H,1H2;/q;+1. The minimum absolute atomic E-state index is 0. The second-order valence-corrected chi connectivity index (χ2v) is 1.42. The Balaban J connectivity index is 0. The van der Waals surface area contributed by atoms with Gasteiger partial charge in [0.25, 0.3) is 0 Å². The Bertz CT molecular complexity index is 46.1. The summed E-state index contributed by atoms with van der Waals surface area (Å²) in [5.74, 6) is 0. The molecule has 1 N–H and O–H groups in total.